The summed E-state index contributed by atoms with van der Waals surface area (Å²) in [4.78, 5) is 0. The van der Waals surface area contributed by atoms with Gasteiger partial charge in [-0.2, -0.15) is 0 Å². The molecule has 118 valence electrons. The van der Waals surface area contributed by atoms with Crippen molar-refractivity contribution in [3.8, 4) is 0 Å². The van der Waals surface area contributed by atoms with Gasteiger partial charge in [-0.05, 0) is 39.5 Å². The molecule has 0 aliphatic rings. The standard InChI is InChI=1S/C12H20.C8H10.CH4/c1-6-12(7-2)11(5)9-8-10(3)4;1-7-3-5-8(2)6-4-7;/h8-9,12H,3,5-7H2,1-2,4H3;3-6H,1-2H3;1H4/b9-8-;;. The molecule has 0 saturated heterocycles. The number of hydrogen-bond donors (Lipinski definition) is 0. The van der Waals surface area contributed by atoms with Crippen LogP contribution in [0.2, 0.25) is 0 Å². The Bertz CT molecular complexity index is 407. The van der Waals surface area contributed by atoms with Crippen LogP contribution >= 0.6 is 0 Å². The Balaban J connectivity index is 0. The molecule has 0 amide bonds. The molecule has 0 aliphatic heterocycles. The highest BCUT2D eigenvalue weighted by molar-refractivity contribution is 5.24. The summed E-state index contributed by atoms with van der Waals surface area (Å²) in [6, 6.07) is 8.48. The van der Waals surface area contributed by atoms with Crippen molar-refractivity contribution < 1.29 is 0 Å². The van der Waals surface area contributed by atoms with Crippen molar-refractivity contribution in [1.29, 1.82) is 0 Å². The first-order chi connectivity index (χ1) is 9.40. The molecule has 0 radical (unpaired) electrons. The van der Waals surface area contributed by atoms with Gasteiger partial charge in [0.25, 0.3) is 0 Å². The van der Waals surface area contributed by atoms with Crippen LogP contribution in [0.1, 0.15) is 52.2 Å². The van der Waals surface area contributed by atoms with Gasteiger partial charge < -0.3 is 0 Å². The van der Waals surface area contributed by atoms with E-state index in [9.17, 15) is 0 Å². The molecule has 0 aromatic heterocycles. The van der Waals surface area contributed by atoms with Crippen LogP contribution in [0.5, 0.6) is 0 Å². The van der Waals surface area contributed by atoms with Crippen LogP contribution in [0.25, 0.3) is 0 Å². The first-order valence-electron chi connectivity index (χ1n) is 7.46. The third-order valence-corrected chi connectivity index (χ3v) is 3.31. The van der Waals surface area contributed by atoms with E-state index < -0.39 is 0 Å². The van der Waals surface area contributed by atoms with Gasteiger partial charge in [-0.15, -0.1) is 0 Å². The van der Waals surface area contributed by atoms with Crippen molar-refractivity contribution in [2.75, 3.05) is 0 Å². The predicted octanol–water partition coefficient (Wildman–Crippen LogP) is 7.05. The normalized spacial score (nSPS) is 9.81. The van der Waals surface area contributed by atoms with Crippen LogP contribution < -0.4 is 0 Å². The molecule has 0 heterocycles. The van der Waals surface area contributed by atoms with Crippen molar-refractivity contribution in [2.24, 2.45) is 5.92 Å². The second-order valence-electron chi connectivity index (χ2n) is 5.42. The molecule has 21 heavy (non-hydrogen) atoms. The number of allylic oxidation sites excluding steroid dienone is 4. The first-order valence-corrected chi connectivity index (χ1v) is 7.46. The third kappa shape index (κ3) is 10.8. The number of hydrogen-bond acceptors (Lipinski definition) is 0. The zero-order valence-corrected chi connectivity index (χ0v) is 13.9. The van der Waals surface area contributed by atoms with Gasteiger partial charge in [-0.3, -0.25) is 0 Å². The van der Waals surface area contributed by atoms with Gasteiger partial charge in [0.15, 0.2) is 0 Å². The summed E-state index contributed by atoms with van der Waals surface area (Å²) in [6.07, 6.45) is 6.46. The monoisotopic (exact) mass is 286 g/mol. The number of benzene rings is 1. The van der Waals surface area contributed by atoms with Gasteiger partial charge >= 0.3 is 0 Å². The Hall–Kier alpha value is -1.56. The summed E-state index contributed by atoms with van der Waals surface area (Å²) < 4.78 is 0. The summed E-state index contributed by atoms with van der Waals surface area (Å²) in [5.41, 5.74) is 4.97. The maximum absolute atomic E-state index is 4.04. The lowest BCUT2D eigenvalue weighted by molar-refractivity contribution is 0.585. The second-order valence-corrected chi connectivity index (χ2v) is 5.42. The molecule has 1 aromatic rings. The summed E-state index contributed by atoms with van der Waals surface area (Å²) in [5.74, 6) is 0.639. The van der Waals surface area contributed by atoms with E-state index in [1.807, 2.05) is 13.0 Å². The largest absolute Gasteiger partial charge is 0.0961 e. The van der Waals surface area contributed by atoms with Gasteiger partial charge in [0.2, 0.25) is 0 Å². The molecule has 0 heteroatoms. The van der Waals surface area contributed by atoms with Gasteiger partial charge in [0, 0.05) is 0 Å². The minimum absolute atomic E-state index is 0. The number of aryl methyl sites for hydroxylation is 2. The van der Waals surface area contributed by atoms with Gasteiger partial charge in [-0.1, -0.05) is 93.1 Å². The van der Waals surface area contributed by atoms with Crippen LogP contribution in [0.3, 0.4) is 0 Å². The Morgan fingerprint density at radius 3 is 1.62 bits per heavy atom. The molecule has 0 atom stereocenters. The Labute approximate surface area is 133 Å². The SMILES string of the molecule is C.C=C(C)/C=C\C(=C)C(CC)CC.Cc1ccc(C)cc1. The Kier molecular flexibility index (Phi) is 12.6. The lowest BCUT2D eigenvalue weighted by Crippen LogP contribution is -1.97. The van der Waals surface area contributed by atoms with E-state index in [0.29, 0.717) is 5.92 Å². The fraction of sp³-hybridized carbons (Fsp3) is 0.429. The first kappa shape index (κ1) is 21.7. The molecule has 0 aliphatic carbocycles. The summed E-state index contributed by atoms with van der Waals surface area (Å²) >= 11 is 0. The van der Waals surface area contributed by atoms with E-state index in [1.165, 1.54) is 29.5 Å². The zero-order valence-electron chi connectivity index (χ0n) is 13.9. The zero-order chi connectivity index (χ0) is 15.5. The van der Waals surface area contributed by atoms with Crippen LogP contribution in [0.15, 0.2) is 60.7 Å². The van der Waals surface area contributed by atoms with Crippen molar-refractivity contribution in [2.45, 2.75) is 54.9 Å². The fourth-order valence-electron chi connectivity index (χ4n) is 1.84. The van der Waals surface area contributed by atoms with E-state index in [4.69, 9.17) is 0 Å². The van der Waals surface area contributed by atoms with Crippen LogP contribution in [-0.4, -0.2) is 0 Å². The van der Waals surface area contributed by atoms with Gasteiger partial charge in [0.05, 0.1) is 0 Å². The lowest BCUT2D eigenvalue weighted by Gasteiger charge is -2.11. The maximum atomic E-state index is 4.04. The highest BCUT2D eigenvalue weighted by Gasteiger charge is 2.03. The van der Waals surface area contributed by atoms with Gasteiger partial charge in [-0.25, -0.2) is 0 Å². The predicted molar refractivity (Wildman–Crippen MR) is 99.8 cm³/mol. The topological polar surface area (TPSA) is 0 Å². The highest BCUT2D eigenvalue weighted by Crippen LogP contribution is 2.18. The van der Waals surface area contributed by atoms with Crippen LogP contribution in [0.4, 0.5) is 0 Å². The summed E-state index contributed by atoms with van der Waals surface area (Å²) in [6.45, 7) is 18.4. The molecule has 0 N–H and O–H groups in total. The minimum atomic E-state index is 0. The minimum Gasteiger partial charge on any atom is -0.0961 e. The molecule has 1 rings (SSSR count). The Morgan fingerprint density at radius 2 is 1.33 bits per heavy atom. The summed E-state index contributed by atoms with van der Waals surface area (Å²) in [7, 11) is 0. The van der Waals surface area contributed by atoms with Crippen molar-refractivity contribution in [3.63, 3.8) is 0 Å². The van der Waals surface area contributed by atoms with E-state index in [1.54, 1.807) is 0 Å². The average molecular weight is 287 g/mol. The maximum Gasteiger partial charge on any atom is -0.0173 e. The van der Waals surface area contributed by atoms with Crippen molar-refractivity contribution in [3.05, 3.63) is 71.8 Å². The van der Waals surface area contributed by atoms with Gasteiger partial charge in [0.1, 0.15) is 0 Å². The molecule has 0 spiro atoms. The molecule has 0 fully saturated rings. The third-order valence-electron chi connectivity index (χ3n) is 3.31. The quantitative estimate of drug-likeness (QED) is 0.509. The van der Waals surface area contributed by atoms with E-state index in [-0.39, 0.29) is 7.43 Å². The van der Waals surface area contributed by atoms with E-state index in [0.717, 1.165) is 5.57 Å². The van der Waals surface area contributed by atoms with Crippen LogP contribution in [0, 0.1) is 19.8 Å². The second kappa shape index (κ2) is 12.2. The van der Waals surface area contributed by atoms with Crippen LogP contribution in [-0.2, 0) is 0 Å². The average Bonchev–Trinajstić information content (AvgIpc) is 2.42. The molecule has 1 aromatic carbocycles. The van der Waals surface area contributed by atoms with Crippen molar-refractivity contribution in [1.82, 2.24) is 0 Å². The molecular weight excluding hydrogens is 252 g/mol. The highest BCUT2D eigenvalue weighted by atomic mass is 14.1. The van der Waals surface area contributed by atoms with E-state index >= 15 is 0 Å². The molecule has 0 nitrogen and oxygen atoms in total. The van der Waals surface area contributed by atoms with Crippen molar-refractivity contribution >= 4 is 0 Å². The lowest BCUT2D eigenvalue weighted by atomic mass is 9.94. The molecular formula is C21H34. The molecule has 0 unspecified atom stereocenters. The molecule has 0 bridgehead atoms. The van der Waals surface area contributed by atoms with E-state index in [2.05, 4.69) is 71.2 Å². The summed E-state index contributed by atoms with van der Waals surface area (Å²) in [5, 5.41) is 0. The Morgan fingerprint density at radius 1 is 0.952 bits per heavy atom. The molecule has 0 saturated carbocycles. The number of rotatable bonds is 5. The fourth-order valence-corrected chi connectivity index (χ4v) is 1.84. The smallest absolute Gasteiger partial charge is 0.0173 e.